The molecule has 2 rings (SSSR count). The molecule has 2 aromatic carbocycles. The van der Waals surface area contributed by atoms with E-state index in [1.807, 2.05) is 0 Å². The Kier molecular flexibility index (Phi) is 5.22. The van der Waals surface area contributed by atoms with Crippen molar-refractivity contribution in [2.24, 2.45) is 5.41 Å². The third kappa shape index (κ3) is 4.46. The molecule has 0 amide bonds. The highest BCUT2D eigenvalue weighted by atomic mass is 14.2. The Bertz CT molecular complexity index is 544. The second-order valence-corrected chi connectivity index (χ2v) is 6.84. The van der Waals surface area contributed by atoms with Crippen LogP contribution in [0.3, 0.4) is 0 Å². The summed E-state index contributed by atoms with van der Waals surface area (Å²) in [6.07, 6.45) is 4.81. The van der Waals surface area contributed by atoms with E-state index in [1.54, 1.807) is 0 Å². The van der Waals surface area contributed by atoms with Gasteiger partial charge in [-0.15, -0.1) is 0 Å². The fourth-order valence-corrected chi connectivity index (χ4v) is 3.07. The first-order valence-corrected chi connectivity index (χ1v) is 8.22. The van der Waals surface area contributed by atoms with Gasteiger partial charge in [0.25, 0.3) is 0 Å². The highest BCUT2D eigenvalue weighted by molar-refractivity contribution is 5.64. The van der Waals surface area contributed by atoms with E-state index >= 15 is 0 Å². The zero-order valence-corrected chi connectivity index (χ0v) is 13.9. The quantitative estimate of drug-likeness (QED) is 0.583. The molecular weight excluding hydrogens is 252 g/mol. The maximum absolute atomic E-state index is 2.37. The Hall–Kier alpha value is -1.56. The summed E-state index contributed by atoms with van der Waals surface area (Å²) in [5.74, 6) is 0. The van der Waals surface area contributed by atoms with Crippen LogP contribution in [0.15, 0.2) is 48.5 Å². The van der Waals surface area contributed by atoms with Gasteiger partial charge in [0.05, 0.1) is 0 Å². The van der Waals surface area contributed by atoms with Crippen LogP contribution in [-0.2, 0) is 12.8 Å². The van der Waals surface area contributed by atoms with Crippen molar-refractivity contribution in [3.8, 4) is 11.1 Å². The third-order valence-corrected chi connectivity index (χ3v) is 4.26. The molecule has 0 saturated heterocycles. The number of aryl methyl sites for hydroxylation is 1. The van der Waals surface area contributed by atoms with Gasteiger partial charge in [-0.1, -0.05) is 82.6 Å². The van der Waals surface area contributed by atoms with Gasteiger partial charge >= 0.3 is 0 Å². The summed E-state index contributed by atoms with van der Waals surface area (Å²) in [5.41, 5.74) is 5.87. The van der Waals surface area contributed by atoms with Gasteiger partial charge in [0.2, 0.25) is 0 Å². The van der Waals surface area contributed by atoms with Crippen LogP contribution in [0, 0.1) is 5.41 Å². The molecule has 0 aliphatic heterocycles. The second kappa shape index (κ2) is 6.93. The lowest BCUT2D eigenvalue weighted by atomic mass is 9.81. The van der Waals surface area contributed by atoms with Gasteiger partial charge in [-0.3, -0.25) is 0 Å². The van der Waals surface area contributed by atoms with Gasteiger partial charge in [0.1, 0.15) is 0 Å². The highest BCUT2D eigenvalue weighted by Gasteiger charge is 2.17. The maximum Gasteiger partial charge on any atom is -0.0184 e. The smallest absolute Gasteiger partial charge is 0.0184 e. The molecule has 0 saturated carbocycles. The van der Waals surface area contributed by atoms with Crippen molar-refractivity contribution < 1.29 is 0 Å². The molecule has 0 fully saturated rings. The van der Waals surface area contributed by atoms with Crippen LogP contribution in [-0.4, -0.2) is 0 Å². The topological polar surface area (TPSA) is 0 Å². The molecular formula is C21H28. The maximum atomic E-state index is 2.37. The normalized spacial score (nSPS) is 11.6. The minimum Gasteiger partial charge on any atom is -0.0654 e. The lowest BCUT2D eigenvalue weighted by Crippen LogP contribution is -2.14. The van der Waals surface area contributed by atoms with Crippen molar-refractivity contribution in [2.75, 3.05) is 0 Å². The Balaban J connectivity index is 2.11. The minimum absolute atomic E-state index is 0.402. The van der Waals surface area contributed by atoms with Gasteiger partial charge in [0.15, 0.2) is 0 Å². The molecule has 0 heteroatoms. The monoisotopic (exact) mass is 280 g/mol. The number of benzene rings is 2. The Morgan fingerprint density at radius 3 is 1.62 bits per heavy atom. The minimum atomic E-state index is 0.402. The van der Waals surface area contributed by atoms with Crippen molar-refractivity contribution in [2.45, 2.75) is 53.4 Å². The van der Waals surface area contributed by atoms with Crippen LogP contribution in [0.4, 0.5) is 0 Å². The van der Waals surface area contributed by atoms with Crippen molar-refractivity contribution in [1.29, 1.82) is 0 Å². The van der Waals surface area contributed by atoms with E-state index in [2.05, 4.69) is 76.2 Å². The van der Waals surface area contributed by atoms with E-state index in [9.17, 15) is 0 Å². The summed E-state index contributed by atoms with van der Waals surface area (Å²) in [7, 11) is 0. The Morgan fingerprint density at radius 2 is 1.19 bits per heavy atom. The molecule has 112 valence electrons. The van der Waals surface area contributed by atoms with Gasteiger partial charge in [-0.2, -0.15) is 0 Å². The summed E-state index contributed by atoms with van der Waals surface area (Å²) in [5, 5.41) is 0. The van der Waals surface area contributed by atoms with Gasteiger partial charge in [0, 0.05) is 0 Å². The zero-order chi connectivity index (χ0) is 15.3. The van der Waals surface area contributed by atoms with Gasteiger partial charge in [-0.25, -0.2) is 0 Å². The predicted octanol–water partition coefficient (Wildman–Crippen LogP) is 6.28. The van der Waals surface area contributed by atoms with Gasteiger partial charge < -0.3 is 0 Å². The summed E-state index contributed by atoms with van der Waals surface area (Å²) in [4.78, 5) is 0. The van der Waals surface area contributed by atoms with Crippen LogP contribution < -0.4 is 0 Å². The van der Waals surface area contributed by atoms with Crippen LogP contribution in [0.1, 0.15) is 51.7 Å². The number of rotatable bonds is 6. The van der Waals surface area contributed by atoms with Crippen molar-refractivity contribution in [3.63, 3.8) is 0 Å². The molecule has 0 radical (unpaired) electrons. The molecule has 0 heterocycles. The summed E-state index contributed by atoms with van der Waals surface area (Å²) in [6, 6.07) is 18.0. The standard InChI is InChI=1S/C21H28/c1-5-15-21(3,4)16-18-9-13-20(14-10-18)19-11-7-17(6-2)8-12-19/h7-14H,5-6,15-16H2,1-4H3. The molecule has 0 aliphatic rings. The summed E-state index contributed by atoms with van der Waals surface area (Å²) in [6.45, 7) is 9.20. The molecule has 0 atom stereocenters. The molecule has 0 spiro atoms. The lowest BCUT2D eigenvalue weighted by molar-refractivity contribution is 0.329. The van der Waals surface area contributed by atoms with Crippen LogP contribution >= 0.6 is 0 Å². The van der Waals surface area contributed by atoms with E-state index in [0.717, 1.165) is 12.8 Å². The van der Waals surface area contributed by atoms with Crippen molar-refractivity contribution in [3.05, 3.63) is 59.7 Å². The van der Waals surface area contributed by atoms with E-state index in [0.29, 0.717) is 5.41 Å². The van der Waals surface area contributed by atoms with E-state index in [-0.39, 0.29) is 0 Å². The second-order valence-electron chi connectivity index (χ2n) is 6.84. The van der Waals surface area contributed by atoms with Crippen LogP contribution in [0.25, 0.3) is 11.1 Å². The van der Waals surface area contributed by atoms with Crippen LogP contribution in [0.5, 0.6) is 0 Å². The van der Waals surface area contributed by atoms with Crippen molar-refractivity contribution >= 4 is 0 Å². The molecule has 2 aromatic rings. The fraction of sp³-hybridized carbons (Fsp3) is 0.429. The SMILES string of the molecule is CCCC(C)(C)Cc1ccc(-c2ccc(CC)cc2)cc1. The molecule has 21 heavy (non-hydrogen) atoms. The lowest BCUT2D eigenvalue weighted by Gasteiger charge is -2.24. The molecule has 0 unspecified atom stereocenters. The molecule has 0 nitrogen and oxygen atoms in total. The fourth-order valence-electron chi connectivity index (χ4n) is 3.07. The first-order chi connectivity index (χ1) is 10.0. The van der Waals surface area contributed by atoms with Crippen LogP contribution in [0.2, 0.25) is 0 Å². The number of hydrogen-bond acceptors (Lipinski definition) is 0. The average molecular weight is 280 g/mol. The van der Waals surface area contributed by atoms with Crippen molar-refractivity contribution in [1.82, 2.24) is 0 Å². The predicted molar refractivity (Wildman–Crippen MR) is 93.6 cm³/mol. The summed E-state index contributed by atoms with van der Waals surface area (Å²) >= 11 is 0. The van der Waals surface area contributed by atoms with E-state index < -0.39 is 0 Å². The average Bonchev–Trinajstić information content (AvgIpc) is 2.48. The summed E-state index contributed by atoms with van der Waals surface area (Å²) < 4.78 is 0. The molecule has 0 aliphatic carbocycles. The first kappa shape index (κ1) is 15.8. The van der Waals surface area contributed by atoms with Gasteiger partial charge in [-0.05, 0) is 46.9 Å². The van der Waals surface area contributed by atoms with E-state index in [4.69, 9.17) is 0 Å². The first-order valence-electron chi connectivity index (χ1n) is 8.22. The molecule has 0 bridgehead atoms. The highest BCUT2D eigenvalue weighted by Crippen LogP contribution is 2.28. The third-order valence-electron chi connectivity index (χ3n) is 4.26. The molecule has 0 aromatic heterocycles. The number of hydrogen-bond donors (Lipinski definition) is 0. The van der Waals surface area contributed by atoms with E-state index in [1.165, 1.54) is 35.1 Å². The zero-order valence-electron chi connectivity index (χ0n) is 13.9. The molecule has 0 N–H and O–H groups in total. The Morgan fingerprint density at radius 1 is 0.714 bits per heavy atom. The largest absolute Gasteiger partial charge is 0.0654 e. The Labute approximate surface area is 130 Å².